The quantitative estimate of drug-likeness (QED) is 0.633. The van der Waals surface area contributed by atoms with Crippen molar-refractivity contribution in [3.63, 3.8) is 0 Å². The highest BCUT2D eigenvalue weighted by Crippen LogP contribution is 2.36. The molecule has 1 heterocycles. The van der Waals surface area contributed by atoms with E-state index < -0.39 is 5.60 Å². The minimum atomic E-state index is -0.586. The van der Waals surface area contributed by atoms with Crippen molar-refractivity contribution in [2.75, 3.05) is 7.11 Å². The third-order valence-electron chi connectivity index (χ3n) is 3.33. The molecule has 4 N–H and O–H groups in total. The number of hydrogen-bond donors (Lipinski definition) is 2. The van der Waals surface area contributed by atoms with Crippen LogP contribution in [0.2, 0.25) is 0 Å². The van der Waals surface area contributed by atoms with Crippen molar-refractivity contribution >= 4 is 11.9 Å². The Balaban J connectivity index is 2.13. The van der Waals surface area contributed by atoms with Crippen LogP contribution in [0.4, 0.5) is 0 Å². The fourth-order valence-corrected chi connectivity index (χ4v) is 2.32. The largest absolute Gasteiger partial charge is 0.497 e. The molecule has 1 aromatic rings. The molecule has 0 fully saturated rings. The molecule has 6 heteroatoms. The highest BCUT2D eigenvalue weighted by molar-refractivity contribution is 5.91. The molecule has 20 heavy (non-hydrogen) atoms. The first-order valence-electron chi connectivity index (χ1n) is 6.40. The Morgan fingerprint density at radius 2 is 2.25 bits per heavy atom. The molecule has 108 valence electrons. The van der Waals surface area contributed by atoms with E-state index in [1.807, 2.05) is 25.1 Å². The molecule has 1 amide bonds. The summed E-state index contributed by atoms with van der Waals surface area (Å²) in [7, 11) is 1.63. The summed E-state index contributed by atoms with van der Waals surface area (Å²) in [6.07, 6.45) is 1.69. The predicted octanol–water partition coefficient (Wildman–Crippen LogP) is 0.969. The van der Waals surface area contributed by atoms with Gasteiger partial charge < -0.3 is 20.9 Å². The molecule has 0 spiro atoms. The van der Waals surface area contributed by atoms with Gasteiger partial charge in [-0.1, -0.05) is 0 Å². The molecule has 1 unspecified atom stereocenters. The zero-order chi connectivity index (χ0) is 14.8. The van der Waals surface area contributed by atoms with Crippen molar-refractivity contribution < 1.29 is 14.3 Å². The standard InChI is InChI=1S/C14H19N3O3/c1-14(8-12(18)17-13(15)16)6-5-9-7-10(19-2)3-4-11(9)20-14/h3-4,7H,5-6,8H2,1-2H3,(H4,15,16,17,18). The Morgan fingerprint density at radius 3 is 2.90 bits per heavy atom. The van der Waals surface area contributed by atoms with Crippen molar-refractivity contribution in [3.8, 4) is 11.5 Å². The lowest BCUT2D eigenvalue weighted by Crippen LogP contribution is -2.38. The second-order valence-corrected chi connectivity index (χ2v) is 5.13. The summed E-state index contributed by atoms with van der Waals surface area (Å²) in [6, 6.07) is 5.64. The minimum Gasteiger partial charge on any atom is -0.497 e. The number of benzene rings is 1. The van der Waals surface area contributed by atoms with Gasteiger partial charge in [-0.15, -0.1) is 0 Å². The van der Waals surface area contributed by atoms with Crippen LogP contribution < -0.4 is 20.9 Å². The number of carbonyl (C=O) groups excluding carboxylic acids is 1. The smallest absolute Gasteiger partial charge is 0.252 e. The molecule has 0 radical (unpaired) electrons. The van der Waals surface area contributed by atoms with Crippen LogP contribution in [0.15, 0.2) is 23.2 Å². The summed E-state index contributed by atoms with van der Waals surface area (Å²) in [4.78, 5) is 15.2. The van der Waals surface area contributed by atoms with Crippen LogP contribution in [0.1, 0.15) is 25.3 Å². The van der Waals surface area contributed by atoms with Crippen molar-refractivity contribution in [1.82, 2.24) is 0 Å². The number of aryl methyl sites for hydroxylation is 1. The van der Waals surface area contributed by atoms with Gasteiger partial charge in [0.2, 0.25) is 0 Å². The van der Waals surface area contributed by atoms with Gasteiger partial charge in [0, 0.05) is 0 Å². The number of aliphatic imine (C=N–C) groups is 1. The Morgan fingerprint density at radius 1 is 1.50 bits per heavy atom. The van der Waals surface area contributed by atoms with Crippen molar-refractivity contribution in [1.29, 1.82) is 0 Å². The van der Waals surface area contributed by atoms with Crippen LogP contribution in [0.3, 0.4) is 0 Å². The number of nitrogens with zero attached hydrogens (tertiary/aromatic N) is 1. The number of carbonyl (C=O) groups is 1. The molecule has 0 bridgehead atoms. The fraction of sp³-hybridized carbons (Fsp3) is 0.429. The van der Waals surface area contributed by atoms with Gasteiger partial charge in [0.15, 0.2) is 5.96 Å². The number of amides is 1. The third kappa shape index (κ3) is 3.20. The van der Waals surface area contributed by atoms with E-state index in [0.29, 0.717) is 0 Å². The topological polar surface area (TPSA) is 99.9 Å². The zero-order valence-corrected chi connectivity index (χ0v) is 11.7. The van der Waals surface area contributed by atoms with Gasteiger partial charge in [-0.25, -0.2) is 0 Å². The van der Waals surface area contributed by atoms with Gasteiger partial charge in [-0.3, -0.25) is 4.79 Å². The summed E-state index contributed by atoms with van der Waals surface area (Å²) in [5.74, 6) is 0.980. The summed E-state index contributed by atoms with van der Waals surface area (Å²) < 4.78 is 11.1. The van der Waals surface area contributed by atoms with Crippen LogP contribution in [-0.2, 0) is 11.2 Å². The average Bonchev–Trinajstić information content (AvgIpc) is 2.36. The van der Waals surface area contributed by atoms with Crippen LogP contribution in [-0.4, -0.2) is 24.6 Å². The molecule has 0 aliphatic carbocycles. The van der Waals surface area contributed by atoms with Gasteiger partial charge in [0.05, 0.1) is 13.5 Å². The Bertz CT molecular complexity index is 553. The molecule has 1 aromatic carbocycles. The minimum absolute atomic E-state index is 0.149. The van der Waals surface area contributed by atoms with Crippen LogP contribution >= 0.6 is 0 Å². The van der Waals surface area contributed by atoms with E-state index in [-0.39, 0.29) is 18.3 Å². The highest BCUT2D eigenvalue weighted by Gasteiger charge is 2.34. The van der Waals surface area contributed by atoms with E-state index in [9.17, 15) is 4.79 Å². The van der Waals surface area contributed by atoms with Crippen molar-refractivity contribution in [2.45, 2.75) is 31.8 Å². The lowest BCUT2D eigenvalue weighted by molar-refractivity contribution is -0.121. The molecular weight excluding hydrogens is 258 g/mol. The molecule has 2 rings (SSSR count). The maximum Gasteiger partial charge on any atom is 0.252 e. The normalized spacial score (nSPS) is 20.5. The summed E-state index contributed by atoms with van der Waals surface area (Å²) >= 11 is 0. The Kier molecular flexibility index (Phi) is 3.83. The van der Waals surface area contributed by atoms with E-state index in [2.05, 4.69) is 4.99 Å². The molecule has 1 atom stereocenters. The lowest BCUT2D eigenvalue weighted by Gasteiger charge is -2.35. The van der Waals surface area contributed by atoms with E-state index >= 15 is 0 Å². The van der Waals surface area contributed by atoms with Gasteiger partial charge in [-0.2, -0.15) is 4.99 Å². The molecule has 0 aromatic heterocycles. The van der Waals surface area contributed by atoms with E-state index in [4.69, 9.17) is 20.9 Å². The average molecular weight is 277 g/mol. The molecule has 0 saturated heterocycles. The number of ether oxygens (including phenoxy) is 2. The maximum atomic E-state index is 11.7. The molecule has 0 saturated carbocycles. The number of rotatable bonds is 3. The lowest BCUT2D eigenvalue weighted by atomic mass is 9.89. The number of nitrogens with two attached hydrogens (primary N) is 2. The van der Waals surface area contributed by atoms with Gasteiger partial charge in [-0.05, 0) is 43.5 Å². The molecular formula is C14H19N3O3. The van der Waals surface area contributed by atoms with Crippen LogP contribution in [0.25, 0.3) is 0 Å². The molecule has 1 aliphatic rings. The van der Waals surface area contributed by atoms with Crippen LogP contribution in [0, 0.1) is 0 Å². The first kappa shape index (κ1) is 14.2. The number of methoxy groups -OCH3 is 1. The summed E-state index contributed by atoms with van der Waals surface area (Å²) in [5, 5.41) is 0. The van der Waals surface area contributed by atoms with Gasteiger partial charge in [0.1, 0.15) is 17.1 Å². The first-order valence-corrected chi connectivity index (χ1v) is 6.40. The summed E-state index contributed by atoms with van der Waals surface area (Å²) in [6.45, 7) is 1.89. The fourth-order valence-electron chi connectivity index (χ4n) is 2.32. The number of fused-ring (bicyclic) bond motifs is 1. The van der Waals surface area contributed by atoms with Crippen molar-refractivity contribution in [2.24, 2.45) is 16.5 Å². The molecule has 1 aliphatic heterocycles. The first-order chi connectivity index (χ1) is 9.42. The predicted molar refractivity (Wildman–Crippen MR) is 75.8 cm³/mol. The third-order valence-corrected chi connectivity index (χ3v) is 3.33. The maximum absolute atomic E-state index is 11.7. The second kappa shape index (κ2) is 5.40. The van der Waals surface area contributed by atoms with Gasteiger partial charge in [0.25, 0.3) is 5.91 Å². The van der Waals surface area contributed by atoms with Crippen LogP contribution in [0.5, 0.6) is 11.5 Å². The van der Waals surface area contributed by atoms with E-state index in [0.717, 1.165) is 29.9 Å². The van der Waals surface area contributed by atoms with Crippen molar-refractivity contribution in [3.05, 3.63) is 23.8 Å². The number of hydrogen-bond acceptors (Lipinski definition) is 3. The summed E-state index contributed by atoms with van der Waals surface area (Å²) in [5.41, 5.74) is 10.9. The SMILES string of the molecule is COc1ccc2c(c1)CCC(C)(CC(=O)N=C(N)N)O2. The Hall–Kier alpha value is -2.24. The monoisotopic (exact) mass is 277 g/mol. The highest BCUT2D eigenvalue weighted by atomic mass is 16.5. The zero-order valence-electron chi connectivity index (χ0n) is 11.7. The van der Waals surface area contributed by atoms with E-state index in [1.54, 1.807) is 7.11 Å². The Labute approximate surface area is 117 Å². The van der Waals surface area contributed by atoms with Gasteiger partial charge >= 0.3 is 0 Å². The number of guanidine groups is 1. The molecule has 6 nitrogen and oxygen atoms in total. The second-order valence-electron chi connectivity index (χ2n) is 5.13. The van der Waals surface area contributed by atoms with E-state index in [1.165, 1.54) is 0 Å².